The zero-order chi connectivity index (χ0) is 14.6. The van der Waals surface area contributed by atoms with Crippen molar-refractivity contribution in [2.24, 2.45) is 5.92 Å². The topological polar surface area (TPSA) is 60.4 Å². The Kier molecular flexibility index (Phi) is 5.11. The molecule has 0 heterocycles. The highest BCUT2D eigenvalue weighted by Crippen LogP contribution is 2.17. The molecule has 1 aromatic carbocycles. The van der Waals surface area contributed by atoms with Crippen molar-refractivity contribution in [3.05, 3.63) is 35.4 Å². The second-order valence-corrected chi connectivity index (χ2v) is 7.30. The molecule has 1 aromatic rings. The van der Waals surface area contributed by atoms with Crippen LogP contribution in [0.3, 0.4) is 0 Å². The Bertz CT molecular complexity index is 529. The third kappa shape index (κ3) is 4.06. The van der Waals surface area contributed by atoms with Crippen molar-refractivity contribution in [1.82, 2.24) is 0 Å². The first-order chi connectivity index (χ1) is 8.77. The van der Waals surface area contributed by atoms with Gasteiger partial charge in [-0.05, 0) is 30.5 Å². The van der Waals surface area contributed by atoms with E-state index in [0.717, 1.165) is 0 Å². The number of carbonyl (C=O) groups is 1. The molecule has 0 amide bonds. The van der Waals surface area contributed by atoms with Gasteiger partial charge in [-0.15, -0.1) is 0 Å². The smallest absolute Gasteiger partial charge is 0.337 e. The first-order valence-electron chi connectivity index (χ1n) is 6.16. The molecule has 1 unspecified atom stereocenters. The van der Waals surface area contributed by atoms with Gasteiger partial charge in [0, 0.05) is 0 Å². The lowest BCUT2D eigenvalue weighted by atomic mass is 10.1. The van der Waals surface area contributed by atoms with E-state index in [2.05, 4.69) is 4.74 Å². The number of hydrogen-bond donors (Lipinski definition) is 0. The highest BCUT2D eigenvalue weighted by molar-refractivity contribution is 7.91. The maximum atomic E-state index is 12.1. The maximum absolute atomic E-state index is 12.1. The molecule has 0 aliphatic carbocycles. The average molecular weight is 284 g/mol. The monoisotopic (exact) mass is 284 g/mol. The van der Waals surface area contributed by atoms with Crippen molar-refractivity contribution >= 4 is 15.8 Å². The molecule has 5 heteroatoms. The van der Waals surface area contributed by atoms with Gasteiger partial charge >= 0.3 is 5.97 Å². The van der Waals surface area contributed by atoms with E-state index in [1.54, 1.807) is 31.2 Å². The highest BCUT2D eigenvalue weighted by Gasteiger charge is 2.24. The van der Waals surface area contributed by atoms with Crippen LogP contribution in [0.15, 0.2) is 24.3 Å². The van der Waals surface area contributed by atoms with Crippen molar-refractivity contribution < 1.29 is 17.9 Å². The zero-order valence-corrected chi connectivity index (χ0v) is 12.5. The maximum Gasteiger partial charge on any atom is 0.337 e. The van der Waals surface area contributed by atoms with Gasteiger partial charge in [0.1, 0.15) is 0 Å². The van der Waals surface area contributed by atoms with Crippen LogP contribution in [0.1, 0.15) is 36.7 Å². The molecule has 0 fully saturated rings. The summed E-state index contributed by atoms with van der Waals surface area (Å²) >= 11 is 0. The third-order valence-electron chi connectivity index (χ3n) is 3.25. The molecule has 0 N–H and O–H groups in total. The molecule has 0 saturated carbocycles. The minimum Gasteiger partial charge on any atom is -0.465 e. The van der Waals surface area contributed by atoms with E-state index in [1.165, 1.54) is 7.11 Å². The largest absolute Gasteiger partial charge is 0.465 e. The fourth-order valence-electron chi connectivity index (χ4n) is 1.63. The number of rotatable bonds is 5. The van der Waals surface area contributed by atoms with Crippen molar-refractivity contribution in [3.63, 3.8) is 0 Å². The summed E-state index contributed by atoms with van der Waals surface area (Å²) in [7, 11) is -1.86. The average Bonchev–Trinajstić information content (AvgIpc) is 2.37. The van der Waals surface area contributed by atoms with Gasteiger partial charge in [-0.3, -0.25) is 0 Å². The van der Waals surface area contributed by atoms with Gasteiger partial charge in [-0.25, -0.2) is 13.2 Å². The van der Waals surface area contributed by atoms with Crippen LogP contribution in [-0.2, 0) is 20.3 Å². The van der Waals surface area contributed by atoms with E-state index >= 15 is 0 Å². The number of sulfone groups is 1. The van der Waals surface area contributed by atoms with Crippen LogP contribution in [0, 0.1) is 5.92 Å². The molecular weight excluding hydrogens is 264 g/mol. The molecular formula is C14H20O4S. The number of hydrogen-bond acceptors (Lipinski definition) is 4. The molecule has 19 heavy (non-hydrogen) atoms. The van der Waals surface area contributed by atoms with Crippen LogP contribution in [0.4, 0.5) is 0 Å². The summed E-state index contributed by atoms with van der Waals surface area (Å²) in [6.07, 6.45) is 0. The molecule has 0 saturated heterocycles. The SMILES string of the molecule is COC(=O)c1ccc(CS(=O)(=O)C(C)C(C)C)cc1. The summed E-state index contributed by atoms with van der Waals surface area (Å²) < 4.78 is 28.8. The summed E-state index contributed by atoms with van der Waals surface area (Å²) in [6, 6.07) is 6.46. The summed E-state index contributed by atoms with van der Waals surface area (Å²) in [5, 5.41) is -0.382. The fraction of sp³-hybridized carbons (Fsp3) is 0.500. The minimum absolute atomic E-state index is 0.00615. The zero-order valence-electron chi connectivity index (χ0n) is 11.7. The van der Waals surface area contributed by atoms with Crippen LogP contribution >= 0.6 is 0 Å². The molecule has 106 valence electrons. The number of esters is 1. The van der Waals surface area contributed by atoms with Crippen LogP contribution in [-0.4, -0.2) is 26.7 Å². The van der Waals surface area contributed by atoms with Crippen molar-refractivity contribution in [2.45, 2.75) is 31.8 Å². The van der Waals surface area contributed by atoms with Crippen LogP contribution < -0.4 is 0 Å². The quantitative estimate of drug-likeness (QED) is 0.779. The van der Waals surface area contributed by atoms with Gasteiger partial charge < -0.3 is 4.74 Å². The van der Waals surface area contributed by atoms with E-state index in [-0.39, 0.29) is 16.9 Å². The predicted octanol–water partition coefficient (Wildman–Crippen LogP) is 2.43. The summed E-state index contributed by atoms with van der Waals surface area (Å²) in [4.78, 5) is 11.3. The number of methoxy groups -OCH3 is 1. The van der Waals surface area contributed by atoms with Gasteiger partial charge in [0.15, 0.2) is 9.84 Å². The van der Waals surface area contributed by atoms with E-state index in [0.29, 0.717) is 11.1 Å². The Morgan fingerprint density at radius 1 is 1.16 bits per heavy atom. The lowest BCUT2D eigenvalue weighted by molar-refractivity contribution is 0.0600. The normalized spacial score (nSPS) is 13.3. The third-order valence-corrected chi connectivity index (χ3v) is 5.66. The van der Waals surface area contributed by atoms with E-state index in [9.17, 15) is 13.2 Å². The van der Waals surface area contributed by atoms with Crippen molar-refractivity contribution in [2.75, 3.05) is 7.11 Å². The Morgan fingerprint density at radius 3 is 2.11 bits per heavy atom. The van der Waals surface area contributed by atoms with E-state index in [1.807, 2.05) is 13.8 Å². The van der Waals surface area contributed by atoms with E-state index < -0.39 is 15.8 Å². The standard InChI is InChI=1S/C14H20O4S/c1-10(2)11(3)19(16,17)9-12-5-7-13(8-6-12)14(15)18-4/h5-8,10-11H,9H2,1-4H3. The van der Waals surface area contributed by atoms with Gasteiger partial charge in [0.25, 0.3) is 0 Å². The van der Waals surface area contributed by atoms with Crippen LogP contribution in [0.25, 0.3) is 0 Å². The summed E-state index contributed by atoms with van der Waals surface area (Å²) in [6.45, 7) is 5.51. The highest BCUT2D eigenvalue weighted by atomic mass is 32.2. The Morgan fingerprint density at radius 2 is 1.68 bits per heavy atom. The second-order valence-electron chi connectivity index (χ2n) is 4.94. The molecule has 1 atom stereocenters. The summed E-state index contributed by atoms with van der Waals surface area (Å²) in [5.41, 5.74) is 1.10. The number of carbonyl (C=O) groups excluding carboxylic acids is 1. The first kappa shape index (κ1) is 15.7. The molecule has 0 spiro atoms. The lowest BCUT2D eigenvalue weighted by Crippen LogP contribution is -2.24. The molecule has 0 aromatic heterocycles. The number of benzene rings is 1. The van der Waals surface area contributed by atoms with Crippen LogP contribution in [0.5, 0.6) is 0 Å². The second kappa shape index (κ2) is 6.19. The van der Waals surface area contributed by atoms with Gasteiger partial charge in [-0.1, -0.05) is 26.0 Å². The fourth-order valence-corrected chi connectivity index (χ4v) is 3.38. The molecule has 0 aliphatic rings. The van der Waals surface area contributed by atoms with E-state index in [4.69, 9.17) is 0 Å². The Labute approximate surface area is 114 Å². The molecule has 0 radical (unpaired) electrons. The molecule has 0 bridgehead atoms. The summed E-state index contributed by atoms with van der Waals surface area (Å²) in [5.74, 6) is -0.349. The molecule has 1 rings (SSSR count). The van der Waals surface area contributed by atoms with Crippen molar-refractivity contribution in [3.8, 4) is 0 Å². The van der Waals surface area contributed by atoms with Crippen molar-refractivity contribution in [1.29, 1.82) is 0 Å². The van der Waals surface area contributed by atoms with Gasteiger partial charge in [0.2, 0.25) is 0 Å². The molecule has 4 nitrogen and oxygen atoms in total. The van der Waals surface area contributed by atoms with Crippen LogP contribution in [0.2, 0.25) is 0 Å². The minimum atomic E-state index is -3.17. The van der Waals surface area contributed by atoms with Gasteiger partial charge in [-0.2, -0.15) is 0 Å². The Balaban J connectivity index is 2.87. The van der Waals surface area contributed by atoms with Gasteiger partial charge in [0.05, 0.1) is 23.7 Å². The molecule has 0 aliphatic heterocycles. The first-order valence-corrected chi connectivity index (χ1v) is 7.88. The predicted molar refractivity (Wildman–Crippen MR) is 74.7 cm³/mol. The lowest BCUT2D eigenvalue weighted by Gasteiger charge is -2.16. The number of ether oxygens (including phenoxy) is 1. The Hall–Kier alpha value is -1.36.